The summed E-state index contributed by atoms with van der Waals surface area (Å²) in [6.07, 6.45) is 0. The van der Waals surface area contributed by atoms with Crippen LogP contribution in [-0.2, 0) is 0 Å². The average molecular weight is 373 g/mol. The molecule has 1 unspecified atom stereocenters. The highest BCUT2D eigenvalue weighted by molar-refractivity contribution is 9.09. The van der Waals surface area contributed by atoms with Gasteiger partial charge in [-0.3, -0.25) is 4.79 Å². The maximum Gasteiger partial charge on any atom is 0.251 e. The van der Waals surface area contributed by atoms with Crippen molar-refractivity contribution in [1.29, 1.82) is 0 Å². The molecular weight excluding hydrogens is 361 g/mol. The number of rotatable bonds is 4. The summed E-state index contributed by atoms with van der Waals surface area (Å²) >= 11 is 15.2. The molecule has 5 heteroatoms. The first-order valence-corrected chi connectivity index (χ1v) is 7.86. The molecule has 1 amide bonds. The van der Waals surface area contributed by atoms with Crippen LogP contribution in [0.1, 0.15) is 22.0 Å². The number of alkyl halides is 1. The fraction of sp³-hybridized carbons (Fsp3) is 0.133. The zero-order chi connectivity index (χ0) is 14.5. The summed E-state index contributed by atoms with van der Waals surface area (Å²) < 4.78 is 0. The van der Waals surface area contributed by atoms with Crippen LogP contribution in [0.4, 0.5) is 0 Å². The van der Waals surface area contributed by atoms with Gasteiger partial charge in [0.25, 0.3) is 5.91 Å². The van der Waals surface area contributed by atoms with Crippen molar-refractivity contribution in [3.8, 4) is 0 Å². The number of carbonyl (C=O) groups is 1. The minimum atomic E-state index is -0.183. The second kappa shape index (κ2) is 7.11. The highest BCUT2D eigenvalue weighted by Gasteiger charge is 2.15. The van der Waals surface area contributed by atoms with Crippen LogP contribution in [0.2, 0.25) is 10.0 Å². The molecule has 0 heterocycles. The minimum absolute atomic E-state index is 0.0989. The zero-order valence-electron chi connectivity index (χ0n) is 10.4. The lowest BCUT2D eigenvalue weighted by molar-refractivity contribution is 0.0941. The standard InChI is InChI=1S/C15H12BrCl2NO/c16-9-14(10-4-2-1-3-5-10)19-15(20)11-6-7-12(17)13(18)8-11/h1-8,14H,9H2,(H,19,20). The molecule has 0 bridgehead atoms. The fourth-order valence-corrected chi connectivity index (χ4v) is 2.61. The first-order valence-electron chi connectivity index (χ1n) is 5.98. The van der Waals surface area contributed by atoms with Gasteiger partial charge in [-0.15, -0.1) is 0 Å². The molecule has 0 aliphatic heterocycles. The average Bonchev–Trinajstić information content (AvgIpc) is 2.48. The molecule has 0 spiro atoms. The van der Waals surface area contributed by atoms with Gasteiger partial charge in [0.2, 0.25) is 0 Å². The highest BCUT2D eigenvalue weighted by Crippen LogP contribution is 2.23. The third-order valence-electron chi connectivity index (χ3n) is 2.84. The highest BCUT2D eigenvalue weighted by atomic mass is 79.9. The lowest BCUT2D eigenvalue weighted by Gasteiger charge is -2.17. The van der Waals surface area contributed by atoms with Crippen LogP contribution in [0, 0.1) is 0 Å². The normalized spacial score (nSPS) is 11.9. The summed E-state index contributed by atoms with van der Waals surface area (Å²) in [7, 11) is 0. The lowest BCUT2D eigenvalue weighted by atomic mass is 10.1. The lowest BCUT2D eigenvalue weighted by Crippen LogP contribution is -2.29. The van der Waals surface area contributed by atoms with Crippen LogP contribution < -0.4 is 5.32 Å². The SMILES string of the molecule is O=C(NC(CBr)c1ccccc1)c1ccc(Cl)c(Cl)c1. The second-order valence-electron chi connectivity index (χ2n) is 4.22. The van der Waals surface area contributed by atoms with Gasteiger partial charge in [-0.05, 0) is 23.8 Å². The van der Waals surface area contributed by atoms with Gasteiger partial charge in [0.15, 0.2) is 0 Å². The summed E-state index contributed by atoms with van der Waals surface area (Å²) in [5, 5.41) is 4.39. The molecule has 2 rings (SSSR count). The van der Waals surface area contributed by atoms with Gasteiger partial charge in [-0.25, -0.2) is 0 Å². The minimum Gasteiger partial charge on any atom is -0.344 e. The number of hydrogen-bond acceptors (Lipinski definition) is 1. The third-order valence-corrected chi connectivity index (χ3v) is 4.23. The molecule has 1 atom stereocenters. The Labute approximate surface area is 136 Å². The molecule has 0 aromatic heterocycles. The van der Waals surface area contributed by atoms with E-state index in [0.717, 1.165) is 5.56 Å². The van der Waals surface area contributed by atoms with Crippen molar-refractivity contribution in [2.24, 2.45) is 0 Å². The van der Waals surface area contributed by atoms with Crippen molar-refractivity contribution < 1.29 is 4.79 Å². The van der Waals surface area contributed by atoms with Gasteiger partial charge in [0.1, 0.15) is 0 Å². The molecule has 0 saturated heterocycles. The first-order chi connectivity index (χ1) is 9.61. The Morgan fingerprint density at radius 3 is 2.40 bits per heavy atom. The Balaban J connectivity index is 2.15. The van der Waals surface area contributed by atoms with Gasteiger partial charge in [-0.1, -0.05) is 69.5 Å². The maximum atomic E-state index is 12.2. The van der Waals surface area contributed by atoms with Gasteiger partial charge in [-0.2, -0.15) is 0 Å². The predicted molar refractivity (Wildman–Crippen MR) is 86.9 cm³/mol. The molecule has 2 nitrogen and oxygen atoms in total. The van der Waals surface area contributed by atoms with E-state index < -0.39 is 0 Å². The quantitative estimate of drug-likeness (QED) is 0.763. The molecule has 2 aromatic rings. The van der Waals surface area contributed by atoms with Gasteiger partial charge < -0.3 is 5.32 Å². The Morgan fingerprint density at radius 1 is 1.10 bits per heavy atom. The molecule has 0 fully saturated rings. The van der Waals surface area contributed by atoms with E-state index in [-0.39, 0.29) is 11.9 Å². The van der Waals surface area contributed by atoms with E-state index in [1.54, 1.807) is 18.2 Å². The van der Waals surface area contributed by atoms with Crippen molar-refractivity contribution in [2.45, 2.75) is 6.04 Å². The molecular formula is C15H12BrCl2NO. The molecule has 0 aliphatic rings. The Morgan fingerprint density at radius 2 is 1.80 bits per heavy atom. The van der Waals surface area contributed by atoms with Crippen LogP contribution in [0.3, 0.4) is 0 Å². The monoisotopic (exact) mass is 371 g/mol. The van der Waals surface area contributed by atoms with E-state index in [4.69, 9.17) is 23.2 Å². The van der Waals surface area contributed by atoms with Crippen LogP contribution in [-0.4, -0.2) is 11.2 Å². The van der Waals surface area contributed by atoms with Crippen molar-refractivity contribution in [2.75, 3.05) is 5.33 Å². The molecule has 0 saturated carbocycles. The number of amides is 1. The van der Waals surface area contributed by atoms with Crippen molar-refractivity contribution >= 4 is 45.0 Å². The Hall–Kier alpha value is -1.03. The fourth-order valence-electron chi connectivity index (χ4n) is 1.78. The zero-order valence-corrected chi connectivity index (χ0v) is 13.5. The summed E-state index contributed by atoms with van der Waals surface area (Å²) in [4.78, 5) is 12.2. The number of halogens is 3. The smallest absolute Gasteiger partial charge is 0.251 e. The number of benzene rings is 2. The van der Waals surface area contributed by atoms with Crippen molar-refractivity contribution in [1.82, 2.24) is 5.32 Å². The van der Waals surface area contributed by atoms with Crippen molar-refractivity contribution in [3.63, 3.8) is 0 Å². The second-order valence-corrected chi connectivity index (χ2v) is 5.68. The number of hydrogen-bond donors (Lipinski definition) is 1. The van der Waals surface area contributed by atoms with Crippen LogP contribution in [0.5, 0.6) is 0 Å². The van der Waals surface area contributed by atoms with Gasteiger partial charge in [0.05, 0.1) is 16.1 Å². The molecule has 20 heavy (non-hydrogen) atoms. The Bertz CT molecular complexity index is 604. The summed E-state index contributed by atoms with van der Waals surface area (Å²) in [6, 6.07) is 14.5. The summed E-state index contributed by atoms with van der Waals surface area (Å²) in [5.74, 6) is -0.183. The summed E-state index contributed by atoms with van der Waals surface area (Å²) in [5.41, 5.74) is 1.53. The van der Waals surface area contributed by atoms with E-state index >= 15 is 0 Å². The van der Waals surface area contributed by atoms with Crippen LogP contribution >= 0.6 is 39.1 Å². The largest absolute Gasteiger partial charge is 0.344 e. The third kappa shape index (κ3) is 3.75. The maximum absolute atomic E-state index is 12.2. The van der Waals surface area contributed by atoms with Crippen LogP contribution in [0.15, 0.2) is 48.5 Å². The van der Waals surface area contributed by atoms with Gasteiger partial charge in [0, 0.05) is 10.9 Å². The molecule has 2 aromatic carbocycles. The summed E-state index contributed by atoms with van der Waals surface area (Å²) in [6.45, 7) is 0. The van der Waals surface area contributed by atoms with E-state index in [2.05, 4.69) is 21.2 Å². The molecule has 0 radical (unpaired) electrons. The molecule has 1 N–H and O–H groups in total. The number of nitrogens with one attached hydrogen (secondary N) is 1. The first kappa shape index (κ1) is 15.4. The number of carbonyl (C=O) groups excluding carboxylic acids is 1. The van der Waals surface area contributed by atoms with E-state index in [0.29, 0.717) is 20.9 Å². The van der Waals surface area contributed by atoms with Crippen molar-refractivity contribution in [3.05, 3.63) is 69.7 Å². The van der Waals surface area contributed by atoms with E-state index in [1.165, 1.54) is 0 Å². The predicted octanol–water partition coefficient (Wildman–Crippen LogP) is 4.86. The molecule has 104 valence electrons. The van der Waals surface area contributed by atoms with E-state index in [9.17, 15) is 4.79 Å². The van der Waals surface area contributed by atoms with Gasteiger partial charge >= 0.3 is 0 Å². The molecule has 0 aliphatic carbocycles. The topological polar surface area (TPSA) is 29.1 Å². The Kier molecular flexibility index (Phi) is 5.46. The van der Waals surface area contributed by atoms with Crippen LogP contribution in [0.25, 0.3) is 0 Å². The van der Waals surface area contributed by atoms with E-state index in [1.807, 2.05) is 30.3 Å².